The Morgan fingerprint density at radius 1 is 1.38 bits per heavy atom. The SMILES string of the molecule is Cc1nc(CN(C)S(=O)(=O)C(C)(C)C)n[nH]1. The minimum Gasteiger partial charge on any atom is -0.263 e. The summed E-state index contributed by atoms with van der Waals surface area (Å²) in [5.74, 6) is 1.16. The summed E-state index contributed by atoms with van der Waals surface area (Å²) in [5.41, 5.74) is 0. The van der Waals surface area contributed by atoms with Crippen molar-refractivity contribution in [2.75, 3.05) is 7.05 Å². The van der Waals surface area contributed by atoms with E-state index < -0.39 is 14.8 Å². The minimum absolute atomic E-state index is 0.184. The topological polar surface area (TPSA) is 79.0 Å². The molecule has 0 aliphatic rings. The molecule has 0 saturated carbocycles. The van der Waals surface area contributed by atoms with Crippen molar-refractivity contribution >= 4 is 10.0 Å². The molecule has 0 atom stereocenters. The van der Waals surface area contributed by atoms with Crippen LogP contribution < -0.4 is 0 Å². The summed E-state index contributed by atoms with van der Waals surface area (Å²) < 4.78 is 24.5. The number of aromatic nitrogens is 3. The molecule has 0 spiro atoms. The van der Waals surface area contributed by atoms with Gasteiger partial charge < -0.3 is 0 Å². The molecular formula is C9H18N4O2S. The van der Waals surface area contributed by atoms with E-state index in [4.69, 9.17) is 0 Å². The fourth-order valence-corrected chi connectivity index (χ4v) is 2.43. The molecule has 0 saturated heterocycles. The van der Waals surface area contributed by atoms with Crippen molar-refractivity contribution in [1.29, 1.82) is 0 Å². The second kappa shape index (κ2) is 4.14. The first kappa shape index (κ1) is 13.1. The molecule has 0 amide bonds. The van der Waals surface area contributed by atoms with Crippen LogP contribution in [-0.4, -0.2) is 39.7 Å². The minimum atomic E-state index is -3.33. The van der Waals surface area contributed by atoms with Gasteiger partial charge in [-0.3, -0.25) is 5.10 Å². The van der Waals surface area contributed by atoms with E-state index in [2.05, 4.69) is 15.2 Å². The van der Waals surface area contributed by atoms with Gasteiger partial charge in [0.1, 0.15) is 5.82 Å². The molecule has 1 heterocycles. The van der Waals surface area contributed by atoms with Crippen LogP contribution in [0.2, 0.25) is 0 Å². The molecule has 7 heteroatoms. The Morgan fingerprint density at radius 2 is 1.94 bits per heavy atom. The smallest absolute Gasteiger partial charge is 0.219 e. The third kappa shape index (κ3) is 2.59. The van der Waals surface area contributed by atoms with Gasteiger partial charge in [-0.2, -0.15) is 9.40 Å². The fourth-order valence-electron chi connectivity index (χ4n) is 1.21. The van der Waals surface area contributed by atoms with E-state index in [0.29, 0.717) is 11.6 Å². The first-order chi connectivity index (χ1) is 7.14. The average molecular weight is 246 g/mol. The van der Waals surface area contributed by atoms with Gasteiger partial charge in [0, 0.05) is 7.05 Å². The quantitative estimate of drug-likeness (QED) is 0.850. The van der Waals surface area contributed by atoms with Crippen LogP contribution in [0.1, 0.15) is 32.4 Å². The highest BCUT2D eigenvalue weighted by molar-refractivity contribution is 7.90. The molecule has 1 aromatic heterocycles. The third-order valence-electron chi connectivity index (χ3n) is 2.19. The number of aryl methyl sites for hydroxylation is 1. The molecule has 0 radical (unpaired) electrons. The maximum atomic E-state index is 12.0. The lowest BCUT2D eigenvalue weighted by Crippen LogP contribution is -2.40. The molecule has 16 heavy (non-hydrogen) atoms. The van der Waals surface area contributed by atoms with Crippen LogP contribution in [0.25, 0.3) is 0 Å². The number of hydrogen-bond acceptors (Lipinski definition) is 4. The van der Waals surface area contributed by atoms with Gasteiger partial charge in [0.15, 0.2) is 5.82 Å². The largest absolute Gasteiger partial charge is 0.263 e. The Labute approximate surface area is 96.1 Å². The summed E-state index contributed by atoms with van der Waals surface area (Å²) in [6, 6.07) is 0. The zero-order chi connectivity index (χ0) is 12.6. The summed E-state index contributed by atoms with van der Waals surface area (Å²) in [7, 11) is -1.79. The van der Waals surface area contributed by atoms with E-state index in [1.807, 2.05) is 0 Å². The highest BCUT2D eigenvalue weighted by atomic mass is 32.2. The van der Waals surface area contributed by atoms with Gasteiger partial charge in [-0.05, 0) is 27.7 Å². The Kier molecular flexibility index (Phi) is 3.39. The summed E-state index contributed by atoms with van der Waals surface area (Å²) >= 11 is 0. The second-order valence-corrected chi connectivity index (χ2v) is 7.51. The number of sulfonamides is 1. The van der Waals surface area contributed by atoms with Crippen LogP contribution in [0.15, 0.2) is 0 Å². The van der Waals surface area contributed by atoms with Crippen molar-refractivity contribution in [3.05, 3.63) is 11.6 Å². The van der Waals surface area contributed by atoms with E-state index in [9.17, 15) is 8.42 Å². The van der Waals surface area contributed by atoms with Crippen molar-refractivity contribution in [2.24, 2.45) is 0 Å². The van der Waals surface area contributed by atoms with Crippen molar-refractivity contribution < 1.29 is 8.42 Å². The number of nitrogens with zero attached hydrogens (tertiary/aromatic N) is 3. The summed E-state index contributed by atoms with van der Waals surface area (Å²) in [5, 5.41) is 6.59. The number of nitrogens with one attached hydrogen (secondary N) is 1. The van der Waals surface area contributed by atoms with Crippen LogP contribution in [-0.2, 0) is 16.6 Å². The van der Waals surface area contributed by atoms with Gasteiger partial charge in [0.05, 0.1) is 11.3 Å². The number of H-pyrrole nitrogens is 1. The zero-order valence-electron chi connectivity index (χ0n) is 10.3. The van der Waals surface area contributed by atoms with E-state index in [1.54, 1.807) is 27.7 Å². The van der Waals surface area contributed by atoms with E-state index in [0.717, 1.165) is 0 Å². The molecule has 0 aliphatic carbocycles. The Bertz CT molecular complexity index is 458. The third-order valence-corrected chi connectivity index (χ3v) is 4.69. The number of hydrogen-bond donors (Lipinski definition) is 1. The number of aromatic amines is 1. The maximum Gasteiger partial charge on any atom is 0.219 e. The molecule has 1 aromatic rings. The lowest BCUT2D eigenvalue weighted by atomic mass is 10.3. The highest BCUT2D eigenvalue weighted by Gasteiger charge is 2.33. The van der Waals surface area contributed by atoms with Gasteiger partial charge >= 0.3 is 0 Å². The van der Waals surface area contributed by atoms with Crippen molar-refractivity contribution in [3.8, 4) is 0 Å². The van der Waals surface area contributed by atoms with Crippen LogP contribution >= 0.6 is 0 Å². The van der Waals surface area contributed by atoms with Crippen LogP contribution in [0.5, 0.6) is 0 Å². The Hall–Kier alpha value is -0.950. The van der Waals surface area contributed by atoms with Gasteiger partial charge in [-0.15, -0.1) is 0 Å². The molecule has 0 bridgehead atoms. The van der Waals surface area contributed by atoms with Crippen molar-refractivity contribution in [2.45, 2.75) is 39.0 Å². The van der Waals surface area contributed by atoms with Crippen LogP contribution in [0.4, 0.5) is 0 Å². The molecule has 0 aliphatic heterocycles. The second-order valence-electron chi connectivity index (χ2n) is 4.71. The average Bonchev–Trinajstić information content (AvgIpc) is 2.49. The Morgan fingerprint density at radius 3 is 2.31 bits per heavy atom. The molecule has 0 fully saturated rings. The Balaban J connectivity index is 2.85. The normalized spacial score (nSPS) is 13.4. The molecule has 92 valence electrons. The molecular weight excluding hydrogens is 228 g/mol. The summed E-state index contributed by atoms with van der Waals surface area (Å²) in [6.45, 7) is 6.96. The first-order valence-corrected chi connectivity index (χ1v) is 6.42. The van der Waals surface area contributed by atoms with Crippen LogP contribution in [0, 0.1) is 6.92 Å². The summed E-state index contributed by atoms with van der Waals surface area (Å²) in [6.07, 6.45) is 0. The van der Waals surface area contributed by atoms with Gasteiger partial charge in [-0.1, -0.05) is 0 Å². The van der Waals surface area contributed by atoms with Crippen LogP contribution in [0.3, 0.4) is 0 Å². The summed E-state index contributed by atoms with van der Waals surface area (Å²) in [4.78, 5) is 4.07. The van der Waals surface area contributed by atoms with Crippen molar-refractivity contribution in [1.82, 2.24) is 19.5 Å². The van der Waals surface area contributed by atoms with Crippen molar-refractivity contribution in [3.63, 3.8) is 0 Å². The molecule has 1 rings (SSSR count). The molecule has 1 N–H and O–H groups in total. The fraction of sp³-hybridized carbons (Fsp3) is 0.778. The zero-order valence-corrected chi connectivity index (χ0v) is 11.1. The van der Waals surface area contributed by atoms with Gasteiger partial charge in [-0.25, -0.2) is 13.4 Å². The monoisotopic (exact) mass is 246 g/mol. The van der Waals surface area contributed by atoms with Gasteiger partial charge in [0.2, 0.25) is 10.0 Å². The molecule has 0 aromatic carbocycles. The predicted octanol–water partition coefficient (Wildman–Crippen LogP) is 0.673. The highest BCUT2D eigenvalue weighted by Crippen LogP contribution is 2.19. The predicted molar refractivity (Wildman–Crippen MR) is 61.3 cm³/mol. The van der Waals surface area contributed by atoms with Gasteiger partial charge in [0.25, 0.3) is 0 Å². The van der Waals surface area contributed by atoms with E-state index in [-0.39, 0.29) is 6.54 Å². The van der Waals surface area contributed by atoms with E-state index in [1.165, 1.54) is 11.4 Å². The maximum absolute atomic E-state index is 12.0. The lowest BCUT2D eigenvalue weighted by Gasteiger charge is -2.25. The molecule has 0 unspecified atom stereocenters. The lowest BCUT2D eigenvalue weighted by molar-refractivity contribution is 0.434. The van der Waals surface area contributed by atoms with E-state index >= 15 is 0 Å². The number of rotatable bonds is 3. The standard InChI is InChI=1S/C9H18N4O2S/c1-7-10-8(12-11-7)6-13(5)16(14,15)9(2,3)4/h6H2,1-5H3,(H,10,11,12). The first-order valence-electron chi connectivity index (χ1n) is 4.98. The molecule has 6 nitrogen and oxygen atoms in total.